The fourth-order valence-corrected chi connectivity index (χ4v) is 2.05. The number of carboxylic acid groups (broad SMARTS) is 1. The molecule has 1 unspecified atom stereocenters. The second-order valence-electron chi connectivity index (χ2n) is 4.59. The van der Waals surface area contributed by atoms with E-state index in [1.165, 1.54) is 4.90 Å². The van der Waals surface area contributed by atoms with Crippen LogP contribution < -0.4 is 10.6 Å². The summed E-state index contributed by atoms with van der Waals surface area (Å²) in [7, 11) is 0. The molecule has 1 aliphatic heterocycles. The lowest BCUT2D eigenvalue weighted by molar-refractivity contribution is -0.126. The lowest BCUT2D eigenvalue weighted by atomic mass is 10.1. The van der Waals surface area contributed by atoms with Gasteiger partial charge in [-0.2, -0.15) is 0 Å². The number of aromatic carboxylic acids is 1. The molecule has 2 rings (SSSR count). The average Bonchev–Trinajstić information content (AvgIpc) is 2.41. The number of carbonyl (C=O) groups is 3. The first-order valence-electron chi connectivity index (χ1n) is 6.28. The number of carbonyl (C=O) groups excluding carboxylic acids is 2. The largest absolute Gasteiger partial charge is 0.478 e. The summed E-state index contributed by atoms with van der Waals surface area (Å²) in [5.41, 5.74) is -0.371. The van der Waals surface area contributed by atoms with E-state index in [0.29, 0.717) is 6.54 Å². The van der Waals surface area contributed by atoms with Crippen LogP contribution in [0.4, 0.5) is 14.9 Å². The molecule has 0 radical (unpaired) electrons. The molecule has 1 fully saturated rings. The van der Waals surface area contributed by atoms with Crippen LogP contribution in [0.15, 0.2) is 18.2 Å². The van der Waals surface area contributed by atoms with Crippen molar-refractivity contribution < 1.29 is 23.9 Å². The molecule has 1 atom stereocenters. The Balaban J connectivity index is 2.21. The normalized spacial score (nSPS) is 18.1. The Labute approximate surface area is 119 Å². The van der Waals surface area contributed by atoms with E-state index in [-0.39, 0.29) is 23.7 Å². The number of hydrogen-bond donors (Lipinski definition) is 3. The molecule has 7 nitrogen and oxygen atoms in total. The number of carboxylic acids is 1. The number of urea groups is 1. The average molecular weight is 295 g/mol. The fourth-order valence-electron chi connectivity index (χ4n) is 2.05. The Morgan fingerprint density at radius 2 is 2.19 bits per heavy atom. The first kappa shape index (κ1) is 14.8. The number of anilines is 1. The highest BCUT2D eigenvalue weighted by Crippen LogP contribution is 2.18. The number of nitrogens with zero attached hydrogens (tertiary/aromatic N) is 1. The molecular formula is C13H14FN3O4. The first-order valence-corrected chi connectivity index (χ1v) is 6.28. The van der Waals surface area contributed by atoms with E-state index in [1.54, 1.807) is 6.92 Å². The Morgan fingerprint density at radius 1 is 1.48 bits per heavy atom. The van der Waals surface area contributed by atoms with Gasteiger partial charge in [-0.3, -0.25) is 4.79 Å². The highest BCUT2D eigenvalue weighted by atomic mass is 19.1. The van der Waals surface area contributed by atoms with E-state index < -0.39 is 23.9 Å². The third kappa shape index (κ3) is 3.10. The van der Waals surface area contributed by atoms with Gasteiger partial charge in [0.2, 0.25) is 5.91 Å². The van der Waals surface area contributed by atoms with Crippen LogP contribution in [0.3, 0.4) is 0 Å². The van der Waals surface area contributed by atoms with E-state index in [2.05, 4.69) is 10.6 Å². The number of rotatable bonds is 2. The van der Waals surface area contributed by atoms with Crippen molar-refractivity contribution in [2.24, 2.45) is 0 Å². The number of nitrogens with one attached hydrogen (secondary N) is 2. The van der Waals surface area contributed by atoms with Gasteiger partial charge in [0.15, 0.2) is 0 Å². The highest BCUT2D eigenvalue weighted by molar-refractivity contribution is 6.01. The van der Waals surface area contributed by atoms with Crippen LogP contribution >= 0.6 is 0 Å². The summed E-state index contributed by atoms with van der Waals surface area (Å²) < 4.78 is 13.2. The van der Waals surface area contributed by atoms with Crippen LogP contribution in [0.2, 0.25) is 0 Å². The zero-order valence-corrected chi connectivity index (χ0v) is 11.2. The second kappa shape index (κ2) is 5.78. The Morgan fingerprint density at radius 3 is 2.86 bits per heavy atom. The maximum absolute atomic E-state index is 13.2. The molecule has 1 heterocycles. The van der Waals surface area contributed by atoms with Crippen LogP contribution in [0.25, 0.3) is 0 Å². The molecule has 0 spiro atoms. The monoisotopic (exact) mass is 295 g/mol. The van der Waals surface area contributed by atoms with Crippen molar-refractivity contribution in [1.29, 1.82) is 0 Å². The third-order valence-corrected chi connectivity index (χ3v) is 3.21. The molecule has 0 saturated carbocycles. The van der Waals surface area contributed by atoms with E-state index in [1.807, 2.05) is 0 Å². The second-order valence-corrected chi connectivity index (χ2v) is 4.59. The van der Waals surface area contributed by atoms with E-state index in [4.69, 9.17) is 5.11 Å². The van der Waals surface area contributed by atoms with Crippen LogP contribution in [-0.2, 0) is 4.79 Å². The third-order valence-electron chi connectivity index (χ3n) is 3.21. The highest BCUT2D eigenvalue weighted by Gasteiger charge is 2.29. The van der Waals surface area contributed by atoms with Gasteiger partial charge in [-0.15, -0.1) is 0 Å². The summed E-state index contributed by atoms with van der Waals surface area (Å²) in [5.74, 6) is -2.25. The number of piperazine rings is 1. The molecule has 3 amide bonds. The van der Waals surface area contributed by atoms with Crippen molar-refractivity contribution in [3.8, 4) is 0 Å². The van der Waals surface area contributed by atoms with Crippen LogP contribution in [-0.4, -0.2) is 47.0 Å². The zero-order chi connectivity index (χ0) is 15.6. The molecule has 21 heavy (non-hydrogen) atoms. The van der Waals surface area contributed by atoms with Gasteiger partial charge in [-0.25, -0.2) is 14.0 Å². The molecular weight excluding hydrogens is 281 g/mol. The Kier molecular flexibility index (Phi) is 4.06. The predicted octanol–water partition coefficient (Wildman–Crippen LogP) is 0.876. The van der Waals surface area contributed by atoms with E-state index in [0.717, 1.165) is 18.2 Å². The molecule has 0 aliphatic carbocycles. The quantitative estimate of drug-likeness (QED) is 0.754. The summed E-state index contributed by atoms with van der Waals surface area (Å²) in [5, 5.41) is 14.0. The Hall–Kier alpha value is -2.64. The molecule has 112 valence electrons. The first-order chi connectivity index (χ1) is 9.90. The standard InChI is InChI=1S/C13H14FN3O4/c1-7-11(18)15-4-5-17(7)13(21)16-10-6-8(14)2-3-9(10)12(19)20/h2-3,6-7H,4-5H2,1H3,(H,15,18)(H,16,21)(H,19,20). The molecule has 8 heteroatoms. The lowest BCUT2D eigenvalue weighted by Crippen LogP contribution is -2.56. The Bertz CT molecular complexity index is 605. The van der Waals surface area contributed by atoms with Crippen LogP contribution in [0.5, 0.6) is 0 Å². The van der Waals surface area contributed by atoms with Gasteiger partial charge >= 0.3 is 12.0 Å². The summed E-state index contributed by atoms with van der Waals surface area (Å²) in [6, 6.07) is 1.66. The fraction of sp³-hybridized carbons (Fsp3) is 0.308. The minimum absolute atomic E-state index is 0.148. The molecule has 1 aliphatic rings. The molecule has 1 aromatic carbocycles. The summed E-state index contributed by atoms with van der Waals surface area (Å²) in [4.78, 5) is 35.9. The number of amides is 3. The van der Waals surface area contributed by atoms with Gasteiger partial charge in [0.05, 0.1) is 11.3 Å². The lowest BCUT2D eigenvalue weighted by Gasteiger charge is -2.32. The van der Waals surface area contributed by atoms with Gasteiger partial charge in [0, 0.05) is 13.1 Å². The van der Waals surface area contributed by atoms with Crippen LogP contribution in [0, 0.1) is 5.82 Å². The minimum Gasteiger partial charge on any atom is -0.478 e. The summed E-state index contributed by atoms with van der Waals surface area (Å²) in [6.07, 6.45) is 0. The number of hydrogen-bond acceptors (Lipinski definition) is 3. The van der Waals surface area contributed by atoms with Crippen molar-refractivity contribution in [3.05, 3.63) is 29.6 Å². The summed E-state index contributed by atoms with van der Waals surface area (Å²) in [6.45, 7) is 2.15. The predicted molar refractivity (Wildman–Crippen MR) is 71.6 cm³/mol. The van der Waals surface area contributed by atoms with Crippen molar-refractivity contribution in [2.75, 3.05) is 18.4 Å². The molecule has 0 bridgehead atoms. The van der Waals surface area contributed by atoms with Gasteiger partial charge in [-0.1, -0.05) is 0 Å². The van der Waals surface area contributed by atoms with Crippen molar-refractivity contribution in [3.63, 3.8) is 0 Å². The maximum Gasteiger partial charge on any atom is 0.337 e. The topological polar surface area (TPSA) is 98.7 Å². The SMILES string of the molecule is CC1C(=O)NCCN1C(=O)Nc1cc(F)ccc1C(=O)O. The van der Waals surface area contributed by atoms with Crippen molar-refractivity contribution in [2.45, 2.75) is 13.0 Å². The van der Waals surface area contributed by atoms with Crippen LogP contribution in [0.1, 0.15) is 17.3 Å². The zero-order valence-electron chi connectivity index (χ0n) is 11.2. The molecule has 0 aromatic heterocycles. The smallest absolute Gasteiger partial charge is 0.337 e. The van der Waals surface area contributed by atoms with E-state index >= 15 is 0 Å². The number of benzene rings is 1. The van der Waals surface area contributed by atoms with E-state index in [9.17, 15) is 18.8 Å². The van der Waals surface area contributed by atoms with Gasteiger partial charge in [-0.05, 0) is 25.1 Å². The van der Waals surface area contributed by atoms with Crippen molar-refractivity contribution >= 4 is 23.6 Å². The number of halogens is 1. The molecule has 1 aromatic rings. The van der Waals surface area contributed by atoms with Crippen molar-refractivity contribution in [1.82, 2.24) is 10.2 Å². The van der Waals surface area contributed by atoms with Gasteiger partial charge in [0.1, 0.15) is 11.9 Å². The molecule has 1 saturated heterocycles. The minimum atomic E-state index is -1.28. The van der Waals surface area contributed by atoms with Gasteiger partial charge < -0.3 is 20.6 Å². The summed E-state index contributed by atoms with van der Waals surface area (Å²) >= 11 is 0. The molecule has 3 N–H and O–H groups in total. The maximum atomic E-state index is 13.2. The van der Waals surface area contributed by atoms with Gasteiger partial charge in [0.25, 0.3) is 0 Å².